The maximum atomic E-state index is 11.5. The first-order valence-corrected chi connectivity index (χ1v) is 6.93. The Kier molecular flexibility index (Phi) is 4.95. The lowest BCUT2D eigenvalue weighted by Gasteiger charge is -2.14. The van der Waals surface area contributed by atoms with E-state index in [1.807, 2.05) is 30.3 Å². The lowest BCUT2D eigenvalue weighted by molar-refractivity contribution is 0.0953. The maximum absolute atomic E-state index is 11.5. The standard InChI is InChI=1S/C17H20N2O2/c1-12(2)15-8-3-4-9-16(15)21-11-13-6-5-7-14(10-13)17(20)19-18/h3-10,12H,11,18H2,1-2H3,(H,19,20). The van der Waals surface area contributed by atoms with Gasteiger partial charge in [0.2, 0.25) is 0 Å². The van der Waals surface area contributed by atoms with Crippen LogP contribution in [0.5, 0.6) is 5.75 Å². The number of carbonyl (C=O) groups is 1. The second-order valence-electron chi connectivity index (χ2n) is 5.16. The largest absolute Gasteiger partial charge is 0.489 e. The van der Waals surface area contributed by atoms with Crippen molar-refractivity contribution in [1.82, 2.24) is 5.43 Å². The Balaban J connectivity index is 2.12. The molecule has 0 atom stereocenters. The van der Waals surface area contributed by atoms with E-state index in [0.717, 1.165) is 11.3 Å². The molecule has 3 N–H and O–H groups in total. The number of nitrogens with two attached hydrogens (primary N) is 1. The maximum Gasteiger partial charge on any atom is 0.265 e. The molecule has 4 heteroatoms. The summed E-state index contributed by atoms with van der Waals surface area (Å²) in [6.07, 6.45) is 0. The van der Waals surface area contributed by atoms with Crippen LogP contribution < -0.4 is 16.0 Å². The minimum Gasteiger partial charge on any atom is -0.489 e. The van der Waals surface area contributed by atoms with Crippen LogP contribution in [0.3, 0.4) is 0 Å². The fourth-order valence-corrected chi connectivity index (χ4v) is 2.14. The predicted octanol–water partition coefficient (Wildman–Crippen LogP) is 2.99. The van der Waals surface area contributed by atoms with Crippen molar-refractivity contribution in [1.29, 1.82) is 0 Å². The number of hydrazine groups is 1. The molecule has 0 aromatic heterocycles. The summed E-state index contributed by atoms with van der Waals surface area (Å²) in [6.45, 7) is 4.68. The first kappa shape index (κ1) is 15.1. The predicted molar refractivity (Wildman–Crippen MR) is 83.0 cm³/mol. The highest BCUT2D eigenvalue weighted by atomic mass is 16.5. The first-order valence-electron chi connectivity index (χ1n) is 6.93. The number of carbonyl (C=O) groups excluding carboxylic acids is 1. The number of benzene rings is 2. The molecular formula is C17H20N2O2. The van der Waals surface area contributed by atoms with Gasteiger partial charge in [-0.1, -0.05) is 44.2 Å². The molecule has 0 bridgehead atoms. The van der Waals surface area contributed by atoms with Crippen LogP contribution in [0.2, 0.25) is 0 Å². The molecule has 0 fully saturated rings. The van der Waals surface area contributed by atoms with Crippen molar-refractivity contribution in [3.05, 3.63) is 65.2 Å². The van der Waals surface area contributed by atoms with Gasteiger partial charge in [0.05, 0.1) is 0 Å². The SMILES string of the molecule is CC(C)c1ccccc1OCc1cccc(C(=O)NN)c1. The number of nitrogens with one attached hydrogen (secondary N) is 1. The van der Waals surface area contributed by atoms with E-state index in [2.05, 4.69) is 25.3 Å². The monoisotopic (exact) mass is 284 g/mol. The van der Waals surface area contributed by atoms with E-state index in [4.69, 9.17) is 10.6 Å². The molecule has 2 aromatic carbocycles. The van der Waals surface area contributed by atoms with Crippen LogP contribution in [-0.4, -0.2) is 5.91 Å². The third kappa shape index (κ3) is 3.83. The van der Waals surface area contributed by atoms with Crippen molar-refractivity contribution in [2.24, 2.45) is 5.84 Å². The molecule has 0 saturated carbocycles. The molecular weight excluding hydrogens is 264 g/mol. The normalized spacial score (nSPS) is 10.5. The smallest absolute Gasteiger partial charge is 0.265 e. The molecule has 2 aromatic rings. The number of hydrogen-bond donors (Lipinski definition) is 2. The number of ether oxygens (including phenoxy) is 1. The quantitative estimate of drug-likeness (QED) is 0.504. The van der Waals surface area contributed by atoms with Gasteiger partial charge in [0.25, 0.3) is 5.91 Å². The number of amides is 1. The topological polar surface area (TPSA) is 64.3 Å². The van der Waals surface area contributed by atoms with E-state index in [9.17, 15) is 4.79 Å². The lowest BCUT2D eigenvalue weighted by Crippen LogP contribution is -2.30. The van der Waals surface area contributed by atoms with Gasteiger partial charge >= 0.3 is 0 Å². The molecule has 4 nitrogen and oxygen atoms in total. The number of nitrogen functional groups attached to an aromatic ring is 1. The summed E-state index contributed by atoms with van der Waals surface area (Å²) in [5.74, 6) is 6.11. The summed E-state index contributed by atoms with van der Waals surface area (Å²) >= 11 is 0. The molecule has 0 heterocycles. The third-order valence-corrected chi connectivity index (χ3v) is 3.26. The van der Waals surface area contributed by atoms with E-state index in [1.165, 1.54) is 5.56 Å². The molecule has 0 unspecified atom stereocenters. The average Bonchev–Trinajstić information content (AvgIpc) is 2.52. The van der Waals surface area contributed by atoms with E-state index in [-0.39, 0.29) is 5.91 Å². The molecule has 0 aliphatic rings. The third-order valence-electron chi connectivity index (χ3n) is 3.26. The van der Waals surface area contributed by atoms with Crippen molar-refractivity contribution in [2.45, 2.75) is 26.4 Å². The minimum absolute atomic E-state index is 0.306. The summed E-state index contributed by atoms with van der Waals surface area (Å²) in [7, 11) is 0. The molecule has 0 spiro atoms. The van der Waals surface area contributed by atoms with Crippen molar-refractivity contribution in [3.8, 4) is 5.75 Å². The molecule has 0 aliphatic carbocycles. The Morgan fingerprint density at radius 1 is 1.19 bits per heavy atom. The number of rotatable bonds is 5. The Hall–Kier alpha value is -2.33. The Bertz CT molecular complexity index is 624. The second kappa shape index (κ2) is 6.90. The van der Waals surface area contributed by atoms with Gasteiger partial charge in [0.1, 0.15) is 12.4 Å². The molecule has 110 valence electrons. The van der Waals surface area contributed by atoms with Crippen LogP contribution in [0.15, 0.2) is 48.5 Å². The summed E-state index contributed by atoms with van der Waals surface area (Å²) < 4.78 is 5.89. The highest BCUT2D eigenvalue weighted by Gasteiger charge is 2.08. The zero-order valence-electron chi connectivity index (χ0n) is 12.3. The van der Waals surface area contributed by atoms with Crippen LogP contribution in [0.4, 0.5) is 0 Å². The summed E-state index contributed by atoms with van der Waals surface area (Å²) in [4.78, 5) is 11.5. The second-order valence-corrected chi connectivity index (χ2v) is 5.16. The molecule has 0 aliphatic heterocycles. The van der Waals surface area contributed by atoms with Gasteiger partial charge < -0.3 is 4.74 Å². The average molecular weight is 284 g/mol. The van der Waals surface area contributed by atoms with Crippen molar-refractivity contribution >= 4 is 5.91 Å². The van der Waals surface area contributed by atoms with Gasteiger partial charge in [-0.25, -0.2) is 5.84 Å². The van der Waals surface area contributed by atoms with Crippen LogP contribution in [0.1, 0.15) is 41.3 Å². The highest BCUT2D eigenvalue weighted by Crippen LogP contribution is 2.26. The first-order chi connectivity index (χ1) is 10.1. The van der Waals surface area contributed by atoms with Gasteiger partial charge in [-0.2, -0.15) is 0 Å². The minimum atomic E-state index is -0.306. The fourth-order valence-electron chi connectivity index (χ4n) is 2.14. The van der Waals surface area contributed by atoms with Crippen LogP contribution in [0, 0.1) is 0 Å². The Morgan fingerprint density at radius 2 is 1.95 bits per heavy atom. The van der Waals surface area contributed by atoms with Gasteiger partial charge in [0.15, 0.2) is 0 Å². The fraction of sp³-hybridized carbons (Fsp3) is 0.235. The zero-order valence-corrected chi connectivity index (χ0v) is 12.3. The van der Waals surface area contributed by atoms with Crippen molar-refractivity contribution in [3.63, 3.8) is 0 Å². The van der Waals surface area contributed by atoms with E-state index in [0.29, 0.717) is 18.1 Å². The van der Waals surface area contributed by atoms with Crippen molar-refractivity contribution < 1.29 is 9.53 Å². The van der Waals surface area contributed by atoms with Gasteiger partial charge in [-0.05, 0) is 35.2 Å². The summed E-state index contributed by atoms with van der Waals surface area (Å²) in [5, 5.41) is 0. The Labute approximate surface area is 124 Å². The van der Waals surface area contributed by atoms with E-state index < -0.39 is 0 Å². The lowest BCUT2D eigenvalue weighted by atomic mass is 10.0. The van der Waals surface area contributed by atoms with Gasteiger partial charge in [-0.15, -0.1) is 0 Å². The van der Waals surface area contributed by atoms with Crippen LogP contribution in [0.25, 0.3) is 0 Å². The van der Waals surface area contributed by atoms with Gasteiger partial charge in [0, 0.05) is 5.56 Å². The summed E-state index contributed by atoms with van der Waals surface area (Å²) in [5.41, 5.74) is 4.75. The number of para-hydroxylation sites is 1. The van der Waals surface area contributed by atoms with Crippen LogP contribution >= 0.6 is 0 Å². The van der Waals surface area contributed by atoms with Crippen molar-refractivity contribution in [2.75, 3.05) is 0 Å². The van der Waals surface area contributed by atoms with E-state index in [1.54, 1.807) is 12.1 Å². The Morgan fingerprint density at radius 3 is 2.67 bits per heavy atom. The molecule has 2 rings (SSSR count). The summed E-state index contributed by atoms with van der Waals surface area (Å²) in [6, 6.07) is 15.2. The van der Waals surface area contributed by atoms with Crippen LogP contribution in [-0.2, 0) is 6.61 Å². The van der Waals surface area contributed by atoms with Gasteiger partial charge in [-0.3, -0.25) is 10.2 Å². The zero-order chi connectivity index (χ0) is 15.2. The van der Waals surface area contributed by atoms with E-state index >= 15 is 0 Å². The number of hydrogen-bond acceptors (Lipinski definition) is 3. The molecule has 0 saturated heterocycles. The molecule has 0 radical (unpaired) electrons. The molecule has 21 heavy (non-hydrogen) atoms. The molecule has 1 amide bonds. The highest BCUT2D eigenvalue weighted by molar-refractivity contribution is 5.93.